The molecule has 0 aliphatic carbocycles. The summed E-state index contributed by atoms with van der Waals surface area (Å²) in [5, 5.41) is 30.6. The molecule has 0 aliphatic rings. The molecule has 0 amide bonds. The maximum atomic E-state index is 10.9. The summed E-state index contributed by atoms with van der Waals surface area (Å²) in [5.41, 5.74) is 2.37. The van der Waals surface area contributed by atoms with E-state index in [1.54, 1.807) is 18.2 Å². The van der Waals surface area contributed by atoms with Gasteiger partial charge in [-0.25, -0.2) is 9.59 Å². The molecule has 2 rings (SSSR count). The lowest BCUT2D eigenvalue weighted by Gasteiger charge is -2.07. The van der Waals surface area contributed by atoms with E-state index in [2.05, 4.69) is 10.3 Å². The molecule has 0 fully saturated rings. The minimum Gasteiger partial charge on any atom is -0.508 e. The van der Waals surface area contributed by atoms with Gasteiger partial charge in [-0.05, 0) is 37.1 Å². The number of aryl methyl sites for hydroxylation is 1. The number of phenols is 1. The molecule has 0 saturated heterocycles. The van der Waals surface area contributed by atoms with E-state index in [9.17, 15) is 14.7 Å². The molecule has 7 heteroatoms. The van der Waals surface area contributed by atoms with Crippen molar-refractivity contribution in [2.75, 3.05) is 6.54 Å². The molecule has 0 bridgehead atoms. The molecule has 1 aromatic heterocycles. The van der Waals surface area contributed by atoms with Gasteiger partial charge in [0, 0.05) is 23.1 Å². The first kappa shape index (κ1) is 15.4. The second kappa shape index (κ2) is 6.21. The number of carboxylic acids is 2. The quantitative estimate of drug-likeness (QED) is 0.514. The molecule has 0 atom stereocenters. The fourth-order valence-electron chi connectivity index (χ4n) is 2.33. The van der Waals surface area contributed by atoms with Crippen molar-refractivity contribution in [3.63, 3.8) is 0 Å². The van der Waals surface area contributed by atoms with Crippen molar-refractivity contribution in [1.82, 2.24) is 10.3 Å². The lowest BCUT2D eigenvalue weighted by molar-refractivity contribution is -0.135. The zero-order valence-corrected chi connectivity index (χ0v) is 11.9. The van der Waals surface area contributed by atoms with Gasteiger partial charge in [0.1, 0.15) is 11.4 Å². The Kier molecular flexibility index (Phi) is 4.36. The summed E-state index contributed by atoms with van der Waals surface area (Å²) in [6.07, 6.45) is 1.11. The Labute approximate surface area is 125 Å². The lowest BCUT2D eigenvalue weighted by Crippen LogP contribution is -2.23. The molecule has 0 saturated carbocycles. The molecule has 0 aliphatic heterocycles. The third kappa shape index (κ3) is 3.38. The van der Waals surface area contributed by atoms with Crippen molar-refractivity contribution in [2.24, 2.45) is 0 Å². The molecule has 5 N–H and O–H groups in total. The van der Waals surface area contributed by atoms with E-state index in [1.165, 1.54) is 0 Å². The van der Waals surface area contributed by atoms with Crippen LogP contribution in [0.4, 0.5) is 0 Å². The Hall–Kier alpha value is -2.96. The van der Waals surface area contributed by atoms with Crippen LogP contribution in [0.25, 0.3) is 10.9 Å². The monoisotopic (exact) mass is 304 g/mol. The van der Waals surface area contributed by atoms with E-state index in [4.69, 9.17) is 10.2 Å². The highest BCUT2D eigenvalue weighted by molar-refractivity contribution is 5.94. The first-order valence-corrected chi connectivity index (χ1v) is 6.60. The Morgan fingerprint density at radius 1 is 1.32 bits per heavy atom. The van der Waals surface area contributed by atoms with Gasteiger partial charge in [-0.3, -0.25) is 0 Å². The van der Waals surface area contributed by atoms with Crippen LogP contribution in [-0.4, -0.2) is 38.8 Å². The number of H-pyrrole nitrogens is 1. The molecule has 22 heavy (non-hydrogen) atoms. The van der Waals surface area contributed by atoms with Crippen molar-refractivity contribution in [3.05, 3.63) is 41.2 Å². The highest BCUT2D eigenvalue weighted by Crippen LogP contribution is 2.26. The number of carboxylic acid groups (broad SMARTS) is 2. The number of carbonyl (C=O) groups is 2. The minimum absolute atomic E-state index is 0.151. The average molecular weight is 304 g/mol. The topological polar surface area (TPSA) is 123 Å². The predicted octanol–water partition coefficient (Wildman–Crippen LogP) is 1.37. The summed E-state index contributed by atoms with van der Waals surface area (Å²) < 4.78 is 0. The summed E-state index contributed by atoms with van der Waals surface area (Å²) in [4.78, 5) is 24.7. The number of phenolic OH excluding ortho intramolecular Hbond substituents is 1. The van der Waals surface area contributed by atoms with Crippen molar-refractivity contribution in [1.29, 1.82) is 0 Å². The van der Waals surface area contributed by atoms with Crippen LogP contribution in [0, 0.1) is 6.92 Å². The first-order chi connectivity index (χ1) is 10.4. The second-order valence-corrected chi connectivity index (χ2v) is 4.84. The SMILES string of the molecule is Cc1[nH]c2ccc(O)cc2c1CCNC(=CC(=O)O)C(=O)O. The van der Waals surface area contributed by atoms with Gasteiger partial charge in [-0.2, -0.15) is 0 Å². The van der Waals surface area contributed by atoms with Crippen molar-refractivity contribution >= 4 is 22.8 Å². The Morgan fingerprint density at radius 3 is 2.68 bits per heavy atom. The van der Waals surface area contributed by atoms with Gasteiger partial charge in [0.25, 0.3) is 0 Å². The van der Waals surface area contributed by atoms with Gasteiger partial charge in [-0.1, -0.05) is 0 Å². The van der Waals surface area contributed by atoms with Crippen LogP contribution in [0.1, 0.15) is 11.3 Å². The summed E-state index contributed by atoms with van der Waals surface area (Å²) in [6.45, 7) is 2.15. The van der Waals surface area contributed by atoms with Crippen molar-refractivity contribution in [2.45, 2.75) is 13.3 Å². The second-order valence-electron chi connectivity index (χ2n) is 4.84. The number of benzene rings is 1. The Morgan fingerprint density at radius 2 is 2.05 bits per heavy atom. The number of aromatic amines is 1. The highest BCUT2D eigenvalue weighted by Gasteiger charge is 2.12. The van der Waals surface area contributed by atoms with Crippen LogP contribution in [0.3, 0.4) is 0 Å². The zero-order valence-electron chi connectivity index (χ0n) is 11.9. The summed E-state index contributed by atoms with van der Waals surface area (Å²) in [7, 11) is 0. The van der Waals surface area contributed by atoms with Crippen molar-refractivity contribution in [3.8, 4) is 5.75 Å². The largest absolute Gasteiger partial charge is 0.508 e. The van der Waals surface area contributed by atoms with E-state index in [-0.39, 0.29) is 18.0 Å². The zero-order chi connectivity index (χ0) is 16.3. The average Bonchev–Trinajstić information content (AvgIpc) is 2.73. The maximum Gasteiger partial charge on any atom is 0.352 e. The molecule has 0 spiro atoms. The van der Waals surface area contributed by atoms with Gasteiger partial charge in [-0.15, -0.1) is 0 Å². The number of aromatic nitrogens is 1. The van der Waals surface area contributed by atoms with E-state index in [1.807, 2.05) is 6.92 Å². The highest BCUT2D eigenvalue weighted by atomic mass is 16.4. The van der Waals surface area contributed by atoms with Gasteiger partial charge >= 0.3 is 11.9 Å². The van der Waals surface area contributed by atoms with E-state index < -0.39 is 11.9 Å². The van der Waals surface area contributed by atoms with E-state index >= 15 is 0 Å². The van der Waals surface area contributed by atoms with Crippen LogP contribution in [0.2, 0.25) is 0 Å². The first-order valence-electron chi connectivity index (χ1n) is 6.60. The number of hydrogen-bond donors (Lipinski definition) is 5. The van der Waals surface area contributed by atoms with E-state index in [0.29, 0.717) is 12.5 Å². The van der Waals surface area contributed by atoms with Gasteiger partial charge in [0.2, 0.25) is 0 Å². The summed E-state index contributed by atoms with van der Waals surface area (Å²) in [5.74, 6) is -2.49. The van der Waals surface area contributed by atoms with Crippen LogP contribution in [-0.2, 0) is 16.0 Å². The summed E-state index contributed by atoms with van der Waals surface area (Å²) in [6, 6.07) is 4.99. The third-order valence-corrected chi connectivity index (χ3v) is 3.29. The van der Waals surface area contributed by atoms with Crippen LogP contribution in [0.15, 0.2) is 30.0 Å². The summed E-state index contributed by atoms with van der Waals surface area (Å²) >= 11 is 0. The molecular weight excluding hydrogens is 288 g/mol. The van der Waals surface area contributed by atoms with Gasteiger partial charge < -0.3 is 25.6 Å². The molecule has 116 valence electrons. The molecule has 1 heterocycles. The number of aromatic hydroxyl groups is 1. The fourth-order valence-corrected chi connectivity index (χ4v) is 2.33. The number of fused-ring (bicyclic) bond motifs is 1. The lowest BCUT2D eigenvalue weighted by atomic mass is 10.1. The molecule has 0 radical (unpaired) electrons. The van der Waals surface area contributed by atoms with Crippen LogP contribution < -0.4 is 5.32 Å². The smallest absolute Gasteiger partial charge is 0.352 e. The normalized spacial score (nSPS) is 11.6. The van der Waals surface area contributed by atoms with Gasteiger partial charge in [0.05, 0.1) is 6.08 Å². The maximum absolute atomic E-state index is 10.9. The molecule has 2 aromatic rings. The van der Waals surface area contributed by atoms with Crippen molar-refractivity contribution < 1.29 is 24.9 Å². The number of hydrogen-bond acceptors (Lipinski definition) is 4. The molecule has 7 nitrogen and oxygen atoms in total. The van der Waals surface area contributed by atoms with Crippen LogP contribution >= 0.6 is 0 Å². The number of nitrogens with one attached hydrogen (secondary N) is 2. The van der Waals surface area contributed by atoms with Crippen LogP contribution in [0.5, 0.6) is 5.75 Å². The number of rotatable bonds is 6. The molecule has 1 aromatic carbocycles. The minimum atomic E-state index is -1.32. The van der Waals surface area contributed by atoms with E-state index in [0.717, 1.165) is 22.2 Å². The third-order valence-electron chi connectivity index (χ3n) is 3.29. The molecular formula is C15H16N2O5. The predicted molar refractivity (Wildman–Crippen MR) is 79.8 cm³/mol. The Balaban J connectivity index is 2.15. The Bertz CT molecular complexity index is 761. The van der Waals surface area contributed by atoms with Gasteiger partial charge in [0.15, 0.2) is 0 Å². The standard InChI is InChI=1S/C15H16N2O5/c1-8-10(11-6-9(18)2-3-12(11)17-8)4-5-16-13(15(21)22)7-14(19)20/h2-3,6-7,16-18H,4-5H2,1H3,(H,19,20)(H,21,22). The number of aliphatic carboxylic acids is 2. The fraction of sp³-hybridized carbons (Fsp3) is 0.200. The molecule has 0 unspecified atom stereocenters.